The largest absolute Gasteiger partial charge is 0.338 e. The van der Waals surface area contributed by atoms with Crippen LogP contribution in [0.5, 0.6) is 0 Å². The molecule has 1 aliphatic rings. The summed E-state index contributed by atoms with van der Waals surface area (Å²) in [5.74, 6) is 1.56. The van der Waals surface area contributed by atoms with Crippen LogP contribution in [0, 0.1) is 0 Å². The molecule has 0 N–H and O–H groups in total. The molecule has 2 aromatic rings. The summed E-state index contributed by atoms with van der Waals surface area (Å²) in [6.07, 6.45) is 9.88. The van der Waals surface area contributed by atoms with Gasteiger partial charge in [-0.3, -0.25) is 9.69 Å². The third-order valence-corrected chi connectivity index (χ3v) is 4.95. The lowest BCUT2D eigenvalue weighted by molar-refractivity contribution is -0.132. The maximum atomic E-state index is 12.2. The number of hydrogen-bond donors (Lipinski definition) is 0. The number of aryl methyl sites for hydroxylation is 1. The van der Waals surface area contributed by atoms with Gasteiger partial charge in [0.2, 0.25) is 11.8 Å². The molecule has 0 unspecified atom stereocenters. The van der Waals surface area contributed by atoms with Gasteiger partial charge in [-0.15, -0.1) is 0 Å². The predicted octanol–water partition coefficient (Wildman–Crippen LogP) is 2.22. The fourth-order valence-corrected chi connectivity index (χ4v) is 3.58. The summed E-state index contributed by atoms with van der Waals surface area (Å²) in [5, 5.41) is 4.03. The molecule has 3 rings (SSSR count). The molecule has 0 spiro atoms. The smallest absolute Gasteiger partial charge is 0.240 e. The number of carbonyl (C=O) groups is 1. The second-order valence-electron chi connectivity index (χ2n) is 7.11. The minimum absolute atomic E-state index is 0.0958. The van der Waals surface area contributed by atoms with Crippen molar-refractivity contribution in [3.63, 3.8) is 0 Å². The molecule has 146 valence electrons. The van der Waals surface area contributed by atoms with E-state index in [-0.39, 0.29) is 11.9 Å². The molecular weight excluding hydrogens is 344 g/mol. The summed E-state index contributed by atoms with van der Waals surface area (Å²) < 4.78 is 5.37. The van der Waals surface area contributed by atoms with Gasteiger partial charge in [0.15, 0.2) is 5.82 Å². The number of rotatable bonds is 7. The third kappa shape index (κ3) is 5.56. The first-order valence-corrected chi connectivity index (χ1v) is 9.70. The third-order valence-electron chi connectivity index (χ3n) is 4.95. The van der Waals surface area contributed by atoms with Crippen LogP contribution in [0.3, 0.4) is 0 Å². The van der Waals surface area contributed by atoms with Crippen LogP contribution in [0.4, 0.5) is 0 Å². The highest BCUT2D eigenvalue weighted by Crippen LogP contribution is 2.20. The number of likely N-dealkylation sites (tertiary alicyclic amines) is 1. The van der Waals surface area contributed by atoms with E-state index >= 15 is 0 Å². The van der Waals surface area contributed by atoms with Crippen LogP contribution in [0.15, 0.2) is 23.2 Å². The lowest BCUT2D eigenvalue weighted by Gasteiger charge is -2.30. The van der Waals surface area contributed by atoms with E-state index in [1.807, 2.05) is 4.90 Å². The first-order valence-electron chi connectivity index (χ1n) is 9.70. The van der Waals surface area contributed by atoms with Crippen molar-refractivity contribution in [2.24, 2.45) is 0 Å². The van der Waals surface area contributed by atoms with Gasteiger partial charge in [-0.05, 0) is 32.2 Å². The first kappa shape index (κ1) is 19.4. The van der Waals surface area contributed by atoms with E-state index in [4.69, 9.17) is 4.52 Å². The Hall–Kier alpha value is -2.35. The number of hydrogen-bond acceptors (Lipinski definition) is 7. The second-order valence-corrected chi connectivity index (χ2v) is 7.11. The van der Waals surface area contributed by atoms with Crippen molar-refractivity contribution in [3.05, 3.63) is 36.0 Å². The van der Waals surface area contributed by atoms with Gasteiger partial charge in [0.25, 0.3) is 0 Å². The van der Waals surface area contributed by atoms with Crippen molar-refractivity contribution in [1.29, 1.82) is 0 Å². The maximum Gasteiger partial charge on any atom is 0.240 e. The summed E-state index contributed by atoms with van der Waals surface area (Å²) >= 11 is 0. The highest BCUT2D eigenvalue weighted by Gasteiger charge is 2.25. The molecule has 0 bridgehead atoms. The fraction of sp³-hybridized carbons (Fsp3) is 0.632. The monoisotopic (exact) mass is 372 g/mol. The Morgan fingerprint density at radius 2 is 2.11 bits per heavy atom. The van der Waals surface area contributed by atoms with Crippen LogP contribution in [0.1, 0.15) is 56.8 Å². The van der Waals surface area contributed by atoms with E-state index in [9.17, 15) is 4.79 Å². The van der Waals surface area contributed by atoms with Crippen molar-refractivity contribution in [1.82, 2.24) is 29.9 Å². The molecule has 0 radical (unpaired) electrons. The molecule has 0 aromatic carbocycles. The minimum atomic E-state index is 0.0958. The van der Waals surface area contributed by atoms with Crippen molar-refractivity contribution in [3.8, 4) is 0 Å². The van der Waals surface area contributed by atoms with Crippen molar-refractivity contribution < 1.29 is 9.32 Å². The Labute approximate surface area is 160 Å². The van der Waals surface area contributed by atoms with E-state index in [1.54, 1.807) is 19.3 Å². The highest BCUT2D eigenvalue weighted by molar-refractivity contribution is 5.73. The van der Waals surface area contributed by atoms with E-state index < -0.39 is 0 Å². The maximum absolute atomic E-state index is 12.2. The Morgan fingerprint density at radius 3 is 2.85 bits per heavy atom. The average Bonchev–Trinajstić information content (AvgIpc) is 2.97. The van der Waals surface area contributed by atoms with Gasteiger partial charge in [0.05, 0.1) is 6.54 Å². The molecule has 0 aliphatic carbocycles. The van der Waals surface area contributed by atoms with E-state index in [1.165, 1.54) is 6.33 Å². The topological polar surface area (TPSA) is 88.3 Å². The first-order chi connectivity index (χ1) is 13.2. The Balaban J connectivity index is 1.57. The van der Waals surface area contributed by atoms with Crippen molar-refractivity contribution in [2.75, 3.05) is 13.1 Å². The van der Waals surface area contributed by atoms with Gasteiger partial charge in [-0.2, -0.15) is 4.98 Å². The van der Waals surface area contributed by atoms with Gasteiger partial charge in [-0.1, -0.05) is 12.1 Å². The molecular formula is C19H28N6O2. The SMILES string of the molecule is CCCc1noc(CN2CCC[C@@H](N(Cc3cncnc3)C(C)=O)CC2)n1. The van der Waals surface area contributed by atoms with Crippen LogP contribution in [0.2, 0.25) is 0 Å². The summed E-state index contributed by atoms with van der Waals surface area (Å²) in [7, 11) is 0. The van der Waals surface area contributed by atoms with Gasteiger partial charge >= 0.3 is 0 Å². The zero-order valence-electron chi connectivity index (χ0n) is 16.2. The molecule has 3 heterocycles. The van der Waals surface area contributed by atoms with E-state index in [2.05, 4.69) is 31.9 Å². The molecule has 0 saturated carbocycles. The lowest BCUT2D eigenvalue weighted by atomic mass is 10.1. The van der Waals surface area contributed by atoms with Crippen LogP contribution in [-0.4, -0.2) is 54.9 Å². The molecule has 1 atom stereocenters. The van der Waals surface area contributed by atoms with Crippen LogP contribution < -0.4 is 0 Å². The minimum Gasteiger partial charge on any atom is -0.338 e. The highest BCUT2D eigenvalue weighted by atomic mass is 16.5. The average molecular weight is 372 g/mol. The van der Waals surface area contributed by atoms with Crippen LogP contribution in [0.25, 0.3) is 0 Å². The van der Waals surface area contributed by atoms with E-state index in [0.717, 1.165) is 56.6 Å². The van der Waals surface area contributed by atoms with Gasteiger partial charge in [0, 0.05) is 50.4 Å². The molecule has 1 fully saturated rings. The quantitative estimate of drug-likeness (QED) is 0.736. The molecule has 1 amide bonds. The zero-order chi connectivity index (χ0) is 19.1. The number of amides is 1. The fourth-order valence-electron chi connectivity index (χ4n) is 3.58. The second kappa shape index (κ2) is 9.55. The molecule has 8 heteroatoms. The molecule has 1 saturated heterocycles. The predicted molar refractivity (Wildman–Crippen MR) is 99.5 cm³/mol. The molecule has 27 heavy (non-hydrogen) atoms. The molecule has 1 aliphatic heterocycles. The van der Waals surface area contributed by atoms with Crippen LogP contribution >= 0.6 is 0 Å². The summed E-state index contributed by atoms with van der Waals surface area (Å²) in [4.78, 5) is 29.1. The molecule has 8 nitrogen and oxygen atoms in total. The normalized spacial score (nSPS) is 18.2. The van der Waals surface area contributed by atoms with Crippen LogP contribution in [-0.2, 0) is 24.3 Å². The van der Waals surface area contributed by atoms with E-state index in [0.29, 0.717) is 19.0 Å². The summed E-state index contributed by atoms with van der Waals surface area (Å²) in [5.41, 5.74) is 0.961. The van der Waals surface area contributed by atoms with Crippen molar-refractivity contribution in [2.45, 2.75) is 65.1 Å². The lowest BCUT2D eigenvalue weighted by Crippen LogP contribution is -2.39. The van der Waals surface area contributed by atoms with Gasteiger partial charge in [-0.25, -0.2) is 9.97 Å². The number of aromatic nitrogens is 4. The standard InChI is InChI=1S/C19H28N6O2/c1-3-5-18-22-19(27-23-18)13-24-8-4-6-17(7-9-24)25(15(2)26)12-16-10-20-14-21-11-16/h10-11,14,17H,3-9,12-13H2,1-2H3/t17-/m1/s1. The molecule has 2 aromatic heterocycles. The zero-order valence-corrected chi connectivity index (χ0v) is 16.2. The van der Waals surface area contributed by atoms with Crippen molar-refractivity contribution >= 4 is 5.91 Å². The Morgan fingerprint density at radius 1 is 1.30 bits per heavy atom. The Bertz CT molecular complexity index is 720. The Kier molecular flexibility index (Phi) is 6.86. The van der Waals surface area contributed by atoms with Gasteiger partial charge in [0.1, 0.15) is 6.33 Å². The number of carbonyl (C=O) groups excluding carboxylic acids is 1. The summed E-state index contributed by atoms with van der Waals surface area (Å²) in [6, 6.07) is 0.228. The number of nitrogens with zero attached hydrogens (tertiary/aromatic N) is 6. The summed E-state index contributed by atoms with van der Waals surface area (Å²) in [6.45, 7) is 6.86. The van der Waals surface area contributed by atoms with Gasteiger partial charge < -0.3 is 9.42 Å².